The number of thioether (sulfide) groups is 1. The summed E-state index contributed by atoms with van der Waals surface area (Å²) in [6.45, 7) is 1.95. The van der Waals surface area contributed by atoms with Crippen LogP contribution in [0.1, 0.15) is 5.56 Å². The van der Waals surface area contributed by atoms with Gasteiger partial charge in [0.2, 0.25) is 0 Å². The number of halogens is 1. The number of carbonyl (C=O) groups is 1. The van der Waals surface area contributed by atoms with E-state index >= 15 is 0 Å². The molecule has 2 aromatic rings. The summed E-state index contributed by atoms with van der Waals surface area (Å²) < 4.78 is 1.68. The van der Waals surface area contributed by atoms with Crippen LogP contribution in [0.5, 0.6) is 0 Å². The Balaban J connectivity index is 2.36. The minimum atomic E-state index is -0.898. The van der Waals surface area contributed by atoms with Gasteiger partial charge in [-0.1, -0.05) is 29.4 Å². The Labute approximate surface area is 113 Å². The number of hydrogen-bond acceptors (Lipinski definition) is 4. The summed E-state index contributed by atoms with van der Waals surface area (Å²) in [5.41, 5.74) is 1.80. The van der Waals surface area contributed by atoms with Gasteiger partial charge in [-0.15, -0.1) is 10.2 Å². The van der Waals surface area contributed by atoms with E-state index in [1.54, 1.807) is 10.6 Å². The molecule has 1 aromatic carbocycles. The average molecular weight is 284 g/mol. The molecule has 1 N–H and O–H groups in total. The summed E-state index contributed by atoms with van der Waals surface area (Å²) in [4.78, 5) is 10.6. The van der Waals surface area contributed by atoms with E-state index in [-0.39, 0.29) is 5.75 Å². The number of aromatic nitrogens is 3. The van der Waals surface area contributed by atoms with Gasteiger partial charge in [0.1, 0.15) is 6.33 Å². The normalized spacial score (nSPS) is 10.6. The highest BCUT2D eigenvalue weighted by Gasteiger charge is 2.11. The molecule has 1 aromatic heterocycles. The van der Waals surface area contributed by atoms with Gasteiger partial charge in [0.05, 0.1) is 16.5 Å². The van der Waals surface area contributed by atoms with Crippen LogP contribution in [0.3, 0.4) is 0 Å². The van der Waals surface area contributed by atoms with Crippen LogP contribution >= 0.6 is 23.4 Å². The van der Waals surface area contributed by atoms with E-state index in [0.717, 1.165) is 23.0 Å². The van der Waals surface area contributed by atoms with E-state index in [1.807, 2.05) is 19.1 Å². The van der Waals surface area contributed by atoms with Crippen LogP contribution in [0, 0.1) is 6.92 Å². The fraction of sp³-hybridized carbons (Fsp3) is 0.182. The van der Waals surface area contributed by atoms with Crippen molar-refractivity contribution in [1.82, 2.24) is 14.8 Å². The molecule has 0 amide bonds. The highest BCUT2D eigenvalue weighted by molar-refractivity contribution is 7.99. The lowest BCUT2D eigenvalue weighted by Crippen LogP contribution is -2.02. The highest BCUT2D eigenvalue weighted by atomic mass is 35.5. The molecule has 0 saturated carbocycles. The van der Waals surface area contributed by atoms with Crippen molar-refractivity contribution in [2.24, 2.45) is 0 Å². The average Bonchev–Trinajstić information content (AvgIpc) is 2.77. The number of nitrogens with zero attached hydrogens (tertiary/aromatic N) is 3. The largest absolute Gasteiger partial charge is 0.481 e. The van der Waals surface area contributed by atoms with Crippen LogP contribution in [-0.4, -0.2) is 31.6 Å². The van der Waals surface area contributed by atoms with Gasteiger partial charge in [0.25, 0.3) is 0 Å². The van der Waals surface area contributed by atoms with Crippen molar-refractivity contribution in [1.29, 1.82) is 0 Å². The smallest absolute Gasteiger partial charge is 0.313 e. The predicted octanol–water partition coefficient (Wildman–Crippen LogP) is 2.41. The number of aryl methyl sites for hydroxylation is 1. The molecule has 7 heteroatoms. The zero-order valence-corrected chi connectivity index (χ0v) is 11.1. The molecule has 0 unspecified atom stereocenters. The summed E-state index contributed by atoms with van der Waals surface area (Å²) in [6.07, 6.45) is 1.52. The Hall–Kier alpha value is -1.53. The van der Waals surface area contributed by atoms with E-state index in [2.05, 4.69) is 10.2 Å². The standard InChI is InChI=1S/C11H10ClN3O2S/c1-7-2-3-8(12)9(4-7)15-6-13-14-11(15)18-5-10(16)17/h2-4,6H,5H2,1H3,(H,16,17). The maximum absolute atomic E-state index is 10.6. The molecule has 0 radical (unpaired) electrons. The molecule has 5 nitrogen and oxygen atoms in total. The fourth-order valence-electron chi connectivity index (χ4n) is 1.42. The lowest BCUT2D eigenvalue weighted by atomic mass is 10.2. The first-order valence-corrected chi connectivity index (χ1v) is 6.45. The number of carboxylic acids is 1. The Morgan fingerprint density at radius 1 is 1.56 bits per heavy atom. The van der Waals surface area contributed by atoms with Crippen molar-refractivity contribution >= 4 is 29.3 Å². The Kier molecular flexibility index (Phi) is 3.88. The molecule has 0 saturated heterocycles. The Morgan fingerprint density at radius 3 is 3.06 bits per heavy atom. The molecule has 0 aliphatic rings. The molecule has 94 valence electrons. The lowest BCUT2D eigenvalue weighted by molar-refractivity contribution is -0.133. The van der Waals surface area contributed by atoms with Gasteiger partial charge >= 0.3 is 5.97 Å². The number of carboxylic acid groups (broad SMARTS) is 1. The van der Waals surface area contributed by atoms with E-state index in [0.29, 0.717) is 10.2 Å². The van der Waals surface area contributed by atoms with E-state index in [4.69, 9.17) is 16.7 Å². The summed E-state index contributed by atoms with van der Waals surface area (Å²) in [5.74, 6) is -0.966. The molecule has 1 heterocycles. The van der Waals surface area contributed by atoms with E-state index in [9.17, 15) is 4.79 Å². The second kappa shape index (κ2) is 5.41. The van der Waals surface area contributed by atoms with Crippen molar-refractivity contribution in [2.75, 3.05) is 5.75 Å². The van der Waals surface area contributed by atoms with Crippen LogP contribution in [-0.2, 0) is 4.79 Å². The van der Waals surface area contributed by atoms with Gasteiger partial charge in [0, 0.05) is 0 Å². The van der Waals surface area contributed by atoms with Gasteiger partial charge < -0.3 is 5.11 Å². The molecule has 0 bridgehead atoms. The molecule has 0 atom stereocenters. The molecule has 0 fully saturated rings. The summed E-state index contributed by atoms with van der Waals surface area (Å²) >= 11 is 7.22. The van der Waals surface area contributed by atoms with Gasteiger partial charge in [-0.25, -0.2) is 0 Å². The van der Waals surface area contributed by atoms with Crippen molar-refractivity contribution in [2.45, 2.75) is 12.1 Å². The number of benzene rings is 1. The number of hydrogen-bond donors (Lipinski definition) is 1. The first-order valence-electron chi connectivity index (χ1n) is 5.09. The zero-order valence-electron chi connectivity index (χ0n) is 9.50. The fourth-order valence-corrected chi connectivity index (χ4v) is 2.27. The summed E-state index contributed by atoms with van der Waals surface area (Å²) in [5, 5.41) is 17.4. The SMILES string of the molecule is Cc1ccc(Cl)c(-n2cnnc2SCC(=O)O)c1. The van der Waals surface area contributed by atoms with Crippen molar-refractivity contribution < 1.29 is 9.90 Å². The van der Waals surface area contributed by atoms with Crippen LogP contribution < -0.4 is 0 Å². The van der Waals surface area contributed by atoms with Gasteiger partial charge in [-0.3, -0.25) is 9.36 Å². The second-order valence-corrected chi connectivity index (χ2v) is 4.97. The molecular formula is C11H10ClN3O2S. The van der Waals surface area contributed by atoms with E-state index < -0.39 is 5.97 Å². The van der Waals surface area contributed by atoms with Crippen molar-refractivity contribution in [3.05, 3.63) is 35.1 Å². The maximum atomic E-state index is 10.6. The predicted molar refractivity (Wildman–Crippen MR) is 69.5 cm³/mol. The first kappa shape index (κ1) is 12.9. The quantitative estimate of drug-likeness (QED) is 0.873. The number of aliphatic carboxylic acids is 1. The van der Waals surface area contributed by atoms with Crippen LogP contribution in [0.4, 0.5) is 0 Å². The summed E-state index contributed by atoms with van der Waals surface area (Å²) in [7, 11) is 0. The first-order chi connectivity index (χ1) is 8.58. The second-order valence-electron chi connectivity index (χ2n) is 3.62. The topological polar surface area (TPSA) is 68.0 Å². The maximum Gasteiger partial charge on any atom is 0.313 e. The van der Waals surface area contributed by atoms with Crippen molar-refractivity contribution in [3.8, 4) is 5.69 Å². The third-order valence-corrected chi connectivity index (χ3v) is 3.45. The Morgan fingerprint density at radius 2 is 2.33 bits per heavy atom. The minimum Gasteiger partial charge on any atom is -0.481 e. The lowest BCUT2D eigenvalue weighted by Gasteiger charge is -2.08. The molecule has 0 aliphatic carbocycles. The van der Waals surface area contributed by atoms with Crippen molar-refractivity contribution in [3.63, 3.8) is 0 Å². The van der Waals surface area contributed by atoms with Gasteiger partial charge in [-0.05, 0) is 24.6 Å². The third-order valence-electron chi connectivity index (χ3n) is 2.20. The monoisotopic (exact) mass is 283 g/mol. The van der Waals surface area contributed by atoms with Crippen LogP contribution in [0.25, 0.3) is 5.69 Å². The van der Waals surface area contributed by atoms with Crippen LogP contribution in [0.15, 0.2) is 29.7 Å². The minimum absolute atomic E-state index is 0.0673. The third kappa shape index (κ3) is 2.83. The molecule has 2 rings (SSSR count). The summed E-state index contributed by atoms with van der Waals surface area (Å²) in [6, 6.07) is 5.59. The zero-order chi connectivity index (χ0) is 13.1. The van der Waals surface area contributed by atoms with Crippen LogP contribution in [0.2, 0.25) is 5.02 Å². The molecule has 0 aliphatic heterocycles. The molecular weight excluding hydrogens is 274 g/mol. The molecule has 18 heavy (non-hydrogen) atoms. The number of rotatable bonds is 4. The molecule has 0 spiro atoms. The highest BCUT2D eigenvalue weighted by Crippen LogP contribution is 2.25. The van der Waals surface area contributed by atoms with Gasteiger partial charge in [-0.2, -0.15) is 0 Å². The van der Waals surface area contributed by atoms with Gasteiger partial charge in [0.15, 0.2) is 5.16 Å². The van der Waals surface area contributed by atoms with E-state index in [1.165, 1.54) is 6.33 Å². The Bertz CT molecular complexity index is 585.